The average molecular weight is 536 g/mol. The minimum Gasteiger partial charge on any atom is -0.325 e. The quantitative estimate of drug-likeness (QED) is 0.454. The van der Waals surface area contributed by atoms with E-state index in [1.54, 1.807) is 50.2 Å². The van der Waals surface area contributed by atoms with E-state index in [9.17, 15) is 21.6 Å². The SMILES string of the molecule is Cc1cc(C)c(S(=O)(=O)N(CC(=O)Nc2ccc(S(N)(=O)=O)cc2)Cc2ccc(Cl)cc2)c(C)c1. The van der Waals surface area contributed by atoms with Gasteiger partial charge in [0, 0.05) is 17.3 Å². The topological polar surface area (TPSA) is 127 Å². The van der Waals surface area contributed by atoms with Crippen molar-refractivity contribution in [3.8, 4) is 0 Å². The van der Waals surface area contributed by atoms with Crippen LogP contribution in [0.1, 0.15) is 22.3 Å². The maximum absolute atomic E-state index is 13.7. The van der Waals surface area contributed by atoms with Gasteiger partial charge in [-0.25, -0.2) is 22.0 Å². The first kappa shape index (κ1) is 26.8. The molecular formula is C24H26ClN3O5S2. The number of carbonyl (C=O) groups is 1. The molecule has 0 aliphatic heterocycles. The normalized spacial score (nSPS) is 12.1. The van der Waals surface area contributed by atoms with Crippen LogP contribution in [0, 0.1) is 20.8 Å². The first-order valence-electron chi connectivity index (χ1n) is 10.5. The highest BCUT2D eigenvalue weighted by Crippen LogP contribution is 2.27. The third-order valence-electron chi connectivity index (χ3n) is 5.26. The molecular weight excluding hydrogens is 510 g/mol. The van der Waals surface area contributed by atoms with E-state index in [1.807, 2.05) is 6.92 Å². The number of carbonyl (C=O) groups excluding carboxylic acids is 1. The van der Waals surface area contributed by atoms with Crippen LogP contribution in [0.5, 0.6) is 0 Å². The maximum Gasteiger partial charge on any atom is 0.244 e. The first-order chi connectivity index (χ1) is 16.3. The van der Waals surface area contributed by atoms with Gasteiger partial charge in [-0.1, -0.05) is 41.4 Å². The molecule has 11 heteroatoms. The number of amides is 1. The molecule has 0 aromatic heterocycles. The largest absolute Gasteiger partial charge is 0.325 e. The lowest BCUT2D eigenvalue weighted by molar-refractivity contribution is -0.116. The van der Waals surface area contributed by atoms with Gasteiger partial charge < -0.3 is 5.32 Å². The van der Waals surface area contributed by atoms with Gasteiger partial charge in [0.1, 0.15) is 0 Å². The Balaban J connectivity index is 1.93. The predicted molar refractivity (Wildman–Crippen MR) is 136 cm³/mol. The minimum absolute atomic E-state index is 0.0516. The van der Waals surface area contributed by atoms with Crippen molar-refractivity contribution >= 4 is 43.2 Å². The summed E-state index contributed by atoms with van der Waals surface area (Å²) in [7, 11) is -7.93. The number of hydrogen-bond donors (Lipinski definition) is 2. The van der Waals surface area contributed by atoms with Crippen molar-refractivity contribution in [1.29, 1.82) is 0 Å². The Labute approximate surface area is 210 Å². The fourth-order valence-electron chi connectivity index (χ4n) is 3.81. The summed E-state index contributed by atoms with van der Waals surface area (Å²) in [6.45, 7) is 4.82. The number of halogens is 1. The van der Waals surface area contributed by atoms with Crippen LogP contribution in [0.15, 0.2) is 70.5 Å². The summed E-state index contributed by atoms with van der Waals surface area (Å²) in [6.07, 6.45) is 0. The summed E-state index contributed by atoms with van der Waals surface area (Å²) in [5.74, 6) is -0.590. The Hall–Kier alpha value is -2.76. The molecule has 0 atom stereocenters. The van der Waals surface area contributed by atoms with Gasteiger partial charge in [-0.05, 0) is 73.9 Å². The molecule has 0 bridgehead atoms. The molecule has 0 aliphatic carbocycles. The summed E-state index contributed by atoms with van der Waals surface area (Å²) in [5.41, 5.74) is 3.06. The van der Waals surface area contributed by atoms with Crippen LogP contribution in [0.2, 0.25) is 5.02 Å². The molecule has 0 fully saturated rings. The second-order valence-electron chi connectivity index (χ2n) is 8.24. The van der Waals surface area contributed by atoms with Crippen LogP contribution in [-0.4, -0.2) is 33.6 Å². The number of hydrogen-bond acceptors (Lipinski definition) is 5. The zero-order valence-electron chi connectivity index (χ0n) is 19.4. The zero-order chi connectivity index (χ0) is 26.0. The molecule has 0 radical (unpaired) electrons. The Morgan fingerprint density at radius 2 is 1.46 bits per heavy atom. The second-order valence-corrected chi connectivity index (χ2v) is 12.1. The van der Waals surface area contributed by atoms with Crippen molar-refractivity contribution in [1.82, 2.24) is 4.31 Å². The Kier molecular flexibility index (Phi) is 8.03. The highest BCUT2D eigenvalue weighted by Gasteiger charge is 2.30. The van der Waals surface area contributed by atoms with Gasteiger partial charge in [-0.3, -0.25) is 4.79 Å². The molecule has 3 rings (SSSR count). The number of benzene rings is 3. The van der Waals surface area contributed by atoms with Gasteiger partial charge in [-0.15, -0.1) is 0 Å². The number of anilines is 1. The van der Waals surface area contributed by atoms with Crippen LogP contribution in [0.3, 0.4) is 0 Å². The van der Waals surface area contributed by atoms with Crippen molar-refractivity contribution in [3.63, 3.8) is 0 Å². The van der Waals surface area contributed by atoms with E-state index in [2.05, 4.69) is 5.32 Å². The number of nitrogens with two attached hydrogens (primary N) is 1. The van der Waals surface area contributed by atoms with Gasteiger partial charge in [0.05, 0.1) is 16.3 Å². The number of nitrogens with zero attached hydrogens (tertiary/aromatic N) is 1. The summed E-state index contributed by atoms with van der Waals surface area (Å²) < 4.78 is 51.5. The van der Waals surface area contributed by atoms with Gasteiger partial charge >= 0.3 is 0 Å². The Morgan fingerprint density at radius 1 is 0.914 bits per heavy atom. The second kappa shape index (κ2) is 10.5. The molecule has 3 aromatic carbocycles. The average Bonchev–Trinajstić information content (AvgIpc) is 2.73. The number of aryl methyl sites for hydroxylation is 3. The Morgan fingerprint density at radius 3 is 1.97 bits per heavy atom. The van der Waals surface area contributed by atoms with Crippen LogP contribution in [0.25, 0.3) is 0 Å². The first-order valence-corrected chi connectivity index (χ1v) is 13.9. The van der Waals surface area contributed by atoms with Gasteiger partial charge in [-0.2, -0.15) is 4.31 Å². The van der Waals surface area contributed by atoms with E-state index in [0.717, 1.165) is 9.87 Å². The molecule has 186 valence electrons. The van der Waals surface area contributed by atoms with Crippen LogP contribution < -0.4 is 10.5 Å². The minimum atomic E-state index is -4.06. The smallest absolute Gasteiger partial charge is 0.244 e. The van der Waals surface area contributed by atoms with Crippen LogP contribution in [0.4, 0.5) is 5.69 Å². The Bertz CT molecular complexity index is 1430. The van der Waals surface area contributed by atoms with Crippen molar-refractivity contribution < 1.29 is 21.6 Å². The number of rotatable bonds is 8. The van der Waals surface area contributed by atoms with E-state index < -0.39 is 32.5 Å². The third kappa shape index (κ3) is 6.68. The van der Waals surface area contributed by atoms with Gasteiger partial charge in [0.2, 0.25) is 26.0 Å². The molecule has 35 heavy (non-hydrogen) atoms. The van der Waals surface area contributed by atoms with Crippen LogP contribution in [-0.2, 0) is 31.4 Å². The number of sulfonamides is 2. The van der Waals surface area contributed by atoms with E-state index in [1.165, 1.54) is 24.3 Å². The van der Waals surface area contributed by atoms with Crippen molar-refractivity contribution in [2.75, 3.05) is 11.9 Å². The van der Waals surface area contributed by atoms with E-state index in [0.29, 0.717) is 27.4 Å². The molecule has 0 spiro atoms. The lowest BCUT2D eigenvalue weighted by atomic mass is 10.1. The zero-order valence-corrected chi connectivity index (χ0v) is 21.8. The fourth-order valence-corrected chi connectivity index (χ4v) is 6.25. The molecule has 0 saturated heterocycles. The third-order valence-corrected chi connectivity index (χ3v) is 8.54. The standard InChI is InChI=1S/C24H26ClN3O5S2/c1-16-12-17(2)24(18(3)13-16)35(32,33)28(14-19-4-6-20(25)7-5-19)15-23(29)27-21-8-10-22(11-9-21)34(26,30)31/h4-13H,14-15H2,1-3H3,(H,27,29)(H2,26,30,31). The number of nitrogens with one attached hydrogen (secondary N) is 1. The highest BCUT2D eigenvalue weighted by atomic mass is 35.5. The molecule has 0 unspecified atom stereocenters. The maximum atomic E-state index is 13.7. The molecule has 0 aliphatic rings. The lowest BCUT2D eigenvalue weighted by Crippen LogP contribution is -2.38. The molecule has 0 heterocycles. The van der Waals surface area contributed by atoms with Crippen molar-refractivity contribution in [3.05, 3.63) is 87.9 Å². The van der Waals surface area contributed by atoms with Gasteiger partial charge in [0.25, 0.3) is 0 Å². The van der Waals surface area contributed by atoms with Crippen molar-refractivity contribution in [2.24, 2.45) is 5.14 Å². The van der Waals surface area contributed by atoms with E-state index in [4.69, 9.17) is 16.7 Å². The summed E-state index contributed by atoms with van der Waals surface area (Å²) >= 11 is 5.96. The van der Waals surface area contributed by atoms with E-state index >= 15 is 0 Å². The molecule has 1 amide bonds. The van der Waals surface area contributed by atoms with Gasteiger partial charge in [0.15, 0.2) is 0 Å². The monoisotopic (exact) mass is 535 g/mol. The van der Waals surface area contributed by atoms with Crippen molar-refractivity contribution in [2.45, 2.75) is 37.1 Å². The predicted octanol–water partition coefficient (Wildman–Crippen LogP) is 3.74. The summed E-state index contributed by atoms with van der Waals surface area (Å²) in [4.78, 5) is 12.9. The lowest BCUT2D eigenvalue weighted by Gasteiger charge is -2.24. The molecule has 0 saturated carbocycles. The summed E-state index contributed by atoms with van der Waals surface area (Å²) in [6, 6.07) is 15.5. The van der Waals surface area contributed by atoms with Crippen LogP contribution >= 0.6 is 11.6 Å². The van der Waals surface area contributed by atoms with E-state index in [-0.39, 0.29) is 16.3 Å². The molecule has 3 aromatic rings. The number of primary sulfonamides is 1. The highest BCUT2D eigenvalue weighted by molar-refractivity contribution is 7.89. The molecule has 3 N–H and O–H groups in total. The summed E-state index contributed by atoms with van der Waals surface area (Å²) in [5, 5.41) is 8.21. The molecule has 8 nitrogen and oxygen atoms in total. The fraction of sp³-hybridized carbons (Fsp3) is 0.208.